The van der Waals surface area contributed by atoms with Gasteiger partial charge in [-0.05, 0) is 18.2 Å². The number of hydrogen-bond donors (Lipinski definition) is 4. The lowest BCUT2D eigenvalue weighted by molar-refractivity contribution is 0.446. The number of nitrogens with one attached hydrogen (secondary N) is 1. The maximum atomic E-state index is 9.62. The molecule has 0 aliphatic carbocycles. The van der Waals surface area contributed by atoms with Crippen LogP contribution in [0.3, 0.4) is 0 Å². The molecule has 0 bridgehead atoms. The van der Waals surface area contributed by atoms with Gasteiger partial charge in [-0.15, -0.1) is 0 Å². The van der Waals surface area contributed by atoms with Gasteiger partial charge in [0.15, 0.2) is 0 Å². The van der Waals surface area contributed by atoms with E-state index in [1.807, 2.05) is 0 Å². The Labute approximate surface area is 82.4 Å². The Balaban J connectivity index is 2.34. The number of rotatable bonds is 1. The molecule has 1 aliphatic heterocycles. The van der Waals surface area contributed by atoms with Crippen molar-refractivity contribution >= 4 is 0 Å². The van der Waals surface area contributed by atoms with E-state index >= 15 is 0 Å². The minimum Gasteiger partial charge on any atom is -0.508 e. The number of hydrogen-bond acceptors (Lipinski definition) is 4. The molecule has 4 nitrogen and oxygen atoms in total. The Morgan fingerprint density at radius 3 is 2.71 bits per heavy atom. The SMILES string of the molecule is NC1CNCC1c1cc(O)ccc1O. The van der Waals surface area contributed by atoms with Crippen molar-refractivity contribution in [2.24, 2.45) is 5.73 Å². The van der Waals surface area contributed by atoms with Gasteiger partial charge >= 0.3 is 0 Å². The number of benzene rings is 1. The van der Waals surface area contributed by atoms with E-state index in [0.717, 1.165) is 18.7 Å². The second kappa shape index (κ2) is 3.48. The van der Waals surface area contributed by atoms with E-state index in [4.69, 9.17) is 5.73 Å². The smallest absolute Gasteiger partial charge is 0.119 e. The molecule has 76 valence electrons. The highest BCUT2D eigenvalue weighted by Crippen LogP contribution is 2.31. The molecule has 0 aromatic heterocycles. The summed E-state index contributed by atoms with van der Waals surface area (Å²) in [5.41, 5.74) is 6.60. The van der Waals surface area contributed by atoms with Gasteiger partial charge in [-0.25, -0.2) is 0 Å². The van der Waals surface area contributed by atoms with Crippen molar-refractivity contribution in [1.29, 1.82) is 0 Å². The Kier molecular flexibility index (Phi) is 2.31. The summed E-state index contributed by atoms with van der Waals surface area (Å²) in [4.78, 5) is 0. The third-order valence-electron chi connectivity index (χ3n) is 2.67. The van der Waals surface area contributed by atoms with Crippen molar-refractivity contribution in [2.45, 2.75) is 12.0 Å². The summed E-state index contributed by atoms with van der Waals surface area (Å²) in [5, 5.41) is 22.1. The van der Waals surface area contributed by atoms with Crippen LogP contribution >= 0.6 is 0 Å². The van der Waals surface area contributed by atoms with Crippen molar-refractivity contribution in [3.8, 4) is 11.5 Å². The Morgan fingerprint density at radius 2 is 2.07 bits per heavy atom. The predicted molar refractivity (Wildman–Crippen MR) is 53.4 cm³/mol. The normalized spacial score (nSPS) is 26.6. The first-order valence-electron chi connectivity index (χ1n) is 4.66. The van der Waals surface area contributed by atoms with Gasteiger partial charge in [0.2, 0.25) is 0 Å². The number of nitrogens with two attached hydrogens (primary N) is 1. The summed E-state index contributed by atoms with van der Waals surface area (Å²) in [6, 6.07) is 4.54. The van der Waals surface area contributed by atoms with Crippen molar-refractivity contribution in [1.82, 2.24) is 5.32 Å². The van der Waals surface area contributed by atoms with Gasteiger partial charge in [0.1, 0.15) is 11.5 Å². The van der Waals surface area contributed by atoms with Gasteiger partial charge in [-0.3, -0.25) is 0 Å². The van der Waals surface area contributed by atoms with Crippen LogP contribution in [0.25, 0.3) is 0 Å². The minimum absolute atomic E-state index is 0.00250. The summed E-state index contributed by atoms with van der Waals surface area (Å²) in [6.45, 7) is 1.50. The van der Waals surface area contributed by atoms with Gasteiger partial charge in [0, 0.05) is 30.6 Å². The second-order valence-electron chi connectivity index (χ2n) is 3.67. The Hall–Kier alpha value is -1.26. The summed E-state index contributed by atoms with van der Waals surface area (Å²) in [7, 11) is 0. The second-order valence-corrected chi connectivity index (χ2v) is 3.67. The largest absolute Gasteiger partial charge is 0.508 e. The van der Waals surface area contributed by atoms with Gasteiger partial charge in [0.05, 0.1) is 0 Å². The molecule has 0 spiro atoms. The molecular weight excluding hydrogens is 180 g/mol. The van der Waals surface area contributed by atoms with Gasteiger partial charge in [0.25, 0.3) is 0 Å². The number of aromatic hydroxyl groups is 2. The van der Waals surface area contributed by atoms with Crippen LogP contribution in [0, 0.1) is 0 Å². The molecular formula is C10H14N2O2. The first kappa shape index (κ1) is 9.30. The van der Waals surface area contributed by atoms with Crippen molar-refractivity contribution in [2.75, 3.05) is 13.1 Å². The average molecular weight is 194 g/mol. The van der Waals surface area contributed by atoms with E-state index in [9.17, 15) is 10.2 Å². The zero-order chi connectivity index (χ0) is 10.1. The molecule has 1 aliphatic rings. The van der Waals surface area contributed by atoms with Crippen molar-refractivity contribution in [3.63, 3.8) is 0 Å². The molecule has 5 N–H and O–H groups in total. The molecule has 1 aromatic carbocycles. The third kappa shape index (κ3) is 1.54. The zero-order valence-corrected chi connectivity index (χ0v) is 7.77. The molecule has 0 radical (unpaired) electrons. The standard InChI is InChI=1S/C10H14N2O2/c11-9-5-12-4-8(9)7-3-6(13)1-2-10(7)14/h1-3,8-9,12-14H,4-5,11H2. The number of phenolic OH excluding ortho intramolecular Hbond substituents is 2. The lowest BCUT2D eigenvalue weighted by Gasteiger charge is -2.16. The van der Waals surface area contributed by atoms with Crippen LogP contribution in [0.1, 0.15) is 11.5 Å². The van der Waals surface area contributed by atoms with Crippen LogP contribution in [0.15, 0.2) is 18.2 Å². The van der Waals surface area contributed by atoms with Crippen LogP contribution in [0.5, 0.6) is 11.5 Å². The van der Waals surface area contributed by atoms with Crippen molar-refractivity contribution < 1.29 is 10.2 Å². The predicted octanol–water partition coefficient (Wildman–Crippen LogP) is 0.112. The van der Waals surface area contributed by atoms with Crippen LogP contribution in [0.2, 0.25) is 0 Å². The van der Waals surface area contributed by atoms with E-state index < -0.39 is 0 Å². The van der Waals surface area contributed by atoms with Gasteiger partial charge in [-0.1, -0.05) is 0 Å². The number of phenols is 2. The van der Waals surface area contributed by atoms with E-state index in [0.29, 0.717) is 0 Å². The summed E-state index contributed by atoms with van der Waals surface area (Å²) in [6.07, 6.45) is 0. The van der Waals surface area contributed by atoms with E-state index in [2.05, 4.69) is 5.32 Å². The molecule has 14 heavy (non-hydrogen) atoms. The molecule has 2 atom stereocenters. The highest BCUT2D eigenvalue weighted by Gasteiger charge is 2.27. The quantitative estimate of drug-likeness (QED) is 0.478. The Bertz CT molecular complexity index is 341. The average Bonchev–Trinajstić information content (AvgIpc) is 2.56. The summed E-state index contributed by atoms with van der Waals surface area (Å²) in [5.74, 6) is 0.450. The molecule has 1 fully saturated rings. The summed E-state index contributed by atoms with van der Waals surface area (Å²) < 4.78 is 0. The highest BCUT2D eigenvalue weighted by molar-refractivity contribution is 5.42. The zero-order valence-electron chi connectivity index (χ0n) is 7.77. The molecule has 1 aromatic rings. The van der Waals surface area contributed by atoms with Crippen LogP contribution in [0.4, 0.5) is 0 Å². The maximum Gasteiger partial charge on any atom is 0.119 e. The highest BCUT2D eigenvalue weighted by atomic mass is 16.3. The van der Waals surface area contributed by atoms with Crippen molar-refractivity contribution in [3.05, 3.63) is 23.8 Å². The molecule has 1 heterocycles. The molecule has 2 unspecified atom stereocenters. The Morgan fingerprint density at radius 1 is 1.29 bits per heavy atom. The van der Waals surface area contributed by atoms with E-state index in [1.165, 1.54) is 12.1 Å². The third-order valence-corrected chi connectivity index (χ3v) is 2.67. The topological polar surface area (TPSA) is 78.5 Å². The fraction of sp³-hybridized carbons (Fsp3) is 0.400. The first-order valence-corrected chi connectivity index (χ1v) is 4.66. The van der Waals surface area contributed by atoms with E-state index in [-0.39, 0.29) is 23.5 Å². The van der Waals surface area contributed by atoms with Crippen LogP contribution in [-0.4, -0.2) is 29.3 Å². The van der Waals surface area contributed by atoms with Gasteiger partial charge in [-0.2, -0.15) is 0 Å². The van der Waals surface area contributed by atoms with Crippen LogP contribution in [-0.2, 0) is 0 Å². The minimum atomic E-state index is 0.00250. The summed E-state index contributed by atoms with van der Waals surface area (Å²) >= 11 is 0. The monoisotopic (exact) mass is 194 g/mol. The van der Waals surface area contributed by atoms with E-state index in [1.54, 1.807) is 6.07 Å². The fourth-order valence-electron chi connectivity index (χ4n) is 1.88. The first-order chi connectivity index (χ1) is 6.68. The fourth-order valence-corrected chi connectivity index (χ4v) is 1.88. The molecule has 0 saturated carbocycles. The molecule has 1 saturated heterocycles. The van der Waals surface area contributed by atoms with Gasteiger partial charge < -0.3 is 21.3 Å². The molecule has 2 rings (SSSR count). The lowest BCUT2D eigenvalue weighted by Crippen LogP contribution is -2.27. The lowest BCUT2D eigenvalue weighted by atomic mass is 9.94. The molecule has 0 amide bonds. The van der Waals surface area contributed by atoms with Crippen LogP contribution < -0.4 is 11.1 Å². The maximum absolute atomic E-state index is 9.62. The molecule has 4 heteroatoms.